The van der Waals surface area contributed by atoms with Crippen LogP contribution in [0.2, 0.25) is 0 Å². The molecule has 0 amide bonds. The summed E-state index contributed by atoms with van der Waals surface area (Å²) < 4.78 is 67.5. The van der Waals surface area contributed by atoms with Crippen LogP contribution in [0.15, 0.2) is 89.2 Å². The fourth-order valence-electron chi connectivity index (χ4n) is 2.40. The zero-order valence-electron chi connectivity index (χ0n) is 15.0. The number of hydrogen-bond acceptors (Lipinski definition) is 4. The van der Waals surface area contributed by atoms with Crippen LogP contribution >= 0.6 is 0 Å². The Kier molecular flexibility index (Phi) is 6.00. The van der Waals surface area contributed by atoms with E-state index in [0.29, 0.717) is 5.56 Å². The standard InChI is InChI=1S/C20H17FN2O4S2/c21-17-10-12-18(13-11-17)29(26,27)23-20-9-5-4-8-19(20)22-28(24,25)15-14-16-6-2-1-3-7-16/h1-15,22-23H/b15-14+. The zero-order valence-corrected chi connectivity index (χ0v) is 16.6. The van der Waals surface area contributed by atoms with Gasteiger partial charge in [0, 0.05) is 0 Å². The Hall–Kier alpha value is -3.17. The molecule has 0 aliphatic rings. The first-order valence-electron chi connectivity index (χ1n) is 8.39. The van der Waals surface area contributed by atoms with E-state index in [4.69, 9.17) is 0 Å². The van der Waals surface area contributed by atoms with Gasteiger partial charge in [-0.25, -0.2) is 21.2 Å². The molecule has 9 heteroatoms. The van der Waals surface area contributed by atoms with Gasteiger partial charge >= 0.3 is 0 Å². The van der Waals surface area contributed by atoms with E-state index in [1.807, 2.05) is 6.07 Å². The topological polar surface area (TPSA) is 92.3 Å². The number of benzene rings is 3. The van der Waals surface area contributed by atoms with Crippen molar-refractivity contribution in [3.05, 3.63) is 95.7 Å². The minimum atomic E-state index is -4.03. The lowest BCUT2D eigenvalue weighted by Crippen LogP contribution is -2.16. The molecule has 0 bridgehead atoms. The molecule has 3 aromatic rings. The third-order valence-electron chi connectivity index (χ3n) is 3.79. The first kappa shape index (κ1) is 20.6. The van der Waals surface area contributed by atoms with Crippen LogP contribution in [0.3, 0.4) is 0 Å². The molecule has 0 radical (unpaired) electrons. The second-order valence-electron chi connectivity index (χ2n) is 5.97. The van der Waals surface area contributed by atoms with Crippen molar-refractivity contribution in [3.8, 4) is 0 Å². The summed E-state index contributed by atoms with van der Waals surface area (Å²) in [6.07, 6.45) is 1.42. The van der Waals surface area contributed by atoms with E-state index in [0.717, 1.165) is 29.7 Å². The third kappa shape index (κ3) is 5.66. The predicted molar refractivity (Wildman–Crippen MR) is 112 cm³/mol. The zero-order chi connectivity index (χ0) is 20.9. The second kappa shape index (κ2) is 8.46. The van der Waals surface area contributed by atoms with Crippen LogP contribution in [-0.4, -0.2) is 16.8 Å². The summed E-state index contributed by atoms with van der Waals surface area (Å²) in [5.74, 6) is -0.567. The average molecular weight is 432 g/mol. The van der Waals surface area contributed by atoms with Gasteiger partial charge in [0.05, 0.1) is 21.7 Å². The molecule has 0 saturated heterocycles. The van der Waals surface area contributed by atoms with Crippen molar-refractivity contribution in [3.63, 3.8) is 0 Å². The van der Waals surface area contributed by atoms with Gasteiger partial charge in [0.2, 0.25) is 0 Å². The molecule has 3 rings (SSSR count). The lowest BCUT2D eigenvalue weighted by atomic mass is 10.2. The number of hydrogen-bond donors (Lipinski definition) is 2. The Labute approximate surface area is 168 Å². The maximum atomic E-state index is 13.0. The van der Waals surface area contributed by atoms with Crippen LogP contribution in [0.25, 0.3) is 6.08 Å². The SMILES string of the molecule is O=S(=O)(/C=C/c1ccccc1)Nc1ccccc1NS(=O)(=O)c1ccc(F)cc1. The Morgan fingerprint density at radius 1 is 0.690 bits per heavy atom. The van der Waals surface area contributed by atoms with E-state index in [9.17, 15) is 21.2 Å². The maximum Gasteiger partial charge on any atom is 0.261 e. The molecule has 0 fully saturated rings. The van der Waals surface area contributed by atoms with E-state index in [1.165, 1.54) is 18.2 Å². The van der Waals surface area contributed by atoms with E-state index in [1.54, 1.807) is 36.4 Å². The van der Waals surface area contributed by atoms with Gasteiger partial charge in [-0.1, -0.05) is 42.5 Å². The minimum absolute atomic E-state index is 0.0357. The quantitative estimate of drug-likeness (QED) is 0.589. The number of sulfonamides is 2. The van der Waals surface area contributed by atoms with E-state index < -0.39 is 25.9 Å². The first-order chi connectivity index (χ1) is 13.8. The normalized spacial score (nSPS) is 12.0. The highest BCUT2D eigenvalue weighted by Crippen LogP contribution is 2.26. The first-order valence-corrected chi connectivity index (χ1v) is 11.4. The Morgan fingerprint density at radius 3 is 1.86 bits per heavy atom. The van der Waals surface area contributed by atoms with Crippen LogP contribution in [0.1, 0.15) is 5.56 Å². The smallest absolute Gasteiger partial charge is 0.261 e. The molecule has 0 atom stereocenters. The molecular weight excluding hydrogens is 415 g/mol. The molecule has 0 aliphatic carbocycles. The molecule has 0 aromatic heterocycles. The number of anilines is 2. The molecule has 150 valence electrons. The summed E-state index contributed by atoms with van der Waals surface area (Å²) in [5.41, 5.74) is 0.785. The summed E-state index contributed by atoms with van der Waals surface area (Å²) in [6.45, 7) is 0. The maximum absolute atomic E-state index is 13.0. The van der Waals surface area contributed by atoms with Crippen LogP contribution in [-0.2, 0) is 20.0 Å². The largest absolute Gasteiger partial charge is 0.278 e. The number of rotatable bonds is 7. The Bertz CT molecular complexity index is 1220. The average Bonchev–Trinajstić information content (AvgIpc) is 2.69. The highest BCUT2D eigenvalue weighted by Gasteiger charge is 2.17. The fourth-order valence-corrected chi connectivity index (χ4v) is 4.37. The Morgan fingerprint density at radius 2 is 1.24 bits per heavy atom. The number of para-hydroxylation sites is 2. The monoisotopic (exact) mass is 432 g/mol. The molecule has 0 heterocycles. The van der Waals surface area contributed by atoms with Crippen molar-refractivity contribution < 1.29 is 21.2 Å². The highest BCUT2D eigenvalue weighted by atomic mass is 32.2. The van der Waals surface area contributed by atoms with E-state index in [-0.39, 0.29) is 16.3 Å². The highest BCUT2D eigenvalue weighted by molar-refractivity contribution is 7.95. The van der Waals surface area contributed by atoms with Gasteiger partial charge in [0.1, 0.15) is 5.82 Å². The molecule has 0 spiro atoms. The molecular formula is C20H17FN2O4S2. The third-order valence-corrected chi connectivity index (χ3v) is 6.17. The summed E-state index contributed by atoms with van der Waals surface area (Å²) >= 11 is 0. The molecule has 0 unspecified atom stereocenters. The minimum Gasteiger partial charge on any atom is -0.278 e. The van der Waals surface area contributed by atoms with Crippen molar-refractivity contribution in [1.82, 2.24) is 0 Å². The predicted octanol–water partition coefficient (Wildman–Crippen LogP) is 4.04. The van der Waals surface area contributed by atoms with Gasteiger partial charge in [-0.15, -0.1) is 0 Å². The van der Waals surface area contributed by atoms with Crippen molar-refractivity contribution in [2.45, 2.75) is 4.90 Å². The van der Waals surface area contributed by atoms with Crippen LogP contribution < -0.4 is 9.44 Å². The summed E-state index contributed by atoms with van der Waals surface area (Å²) in [4.78, 5) is -0.152. The van der Waals surface area contributed by atoms with Gasteiger partial charge < -0.3 is 0 Å². The molecule has 0 aliphatic heterocycles. The second-order valence-corrected chi connectivity index (χ2v) is 9.21. The van der Waals surface area contributed by atoms with Gasteiger partial charge in [0.25, 0.3) is 20.0 Å². The molecule has 29 heavy (non-hydrogen) atoms. The molecule has 0 saturated carbocycles. The van der Waals surface area contributed by atoms with Gasteiger partial charge in [-0.3, -0.25) is 9.44 Å². The number of nitrogens with one attached hydrogen (secondary N) is 2. The van der Waals surface area contributed by atoms with Gasteiger partial charge in [0.15, 0.2) is 0 Å². The van der Waals surface area contributed by atoms with Crippen LogP contribution in [0.4, 0.5) is 15.8 Å². The fraction of sp³-hybridized carbons (Fsp3) is 0. The van der Waals surface area contributed by atoms with Crippen LogP contribution in [0.5, 0.6) is 0 Å². The Balaban J connectivity index is 1.83. The van der Waals surface area contributed by atoms with Crippen molar-refractivity contribution in [2.24, 2.45) is 0 Å². The summed E-state index contributed by atoms with van der Waals surface area (Å²) in [7, 11) is -7.93. The van der Waals surface area contributed by atoms with Crippen molar-refractivity contribution >= 4 is 37.5 Å². The van der Waals surface area contributed by atoms with Crippen LogP contribution in [0, 0.1) is 5.82 Å². The van der Waals surface area contributed by atoms with E-state index >= 15 is 0 Å². The molecule has 3 aromatic carbocycles. The molecule has 2 N–H and O–H groups in total. The number of halogens is 1. The van der Waals surface area contributed by atoms with Gasteiger partial charge in [-0.2, -0.15) is 0 Å². The molecule has 6 nitrogen and oxygen atoms in total. The van der Waals surface area contributed by atoms with Crippen molar-refractivity contribution in [1.29, 1.82) is 0 Å². The van der Waals surface area contributed by atoms with E-state index in [2.05, 4.69) is 9.44 Å². The lowest BCUT2D eigenvalue weighted by Gasteiger charge is -2.13. The van der Waals surface area contributed by atoms with Gasteiger partial charge in [-0.05, 0) is 48.0 Å². The van der Waals surface area contributed by atoms with Crippen molar-refractivity contribution in [2.75, 3.05) is 9.44 Å². The summed E-state index contributed by atoms with van der Waals surface area (Å²) in [5, 5.41) is 0.994. The summed E-state index contributed by atoms with van der Waals surface area (Å²) in [6, 6.07) is 19.1. The lowest BCUT2D eigenvalue weighted by molar-refractivity contribution is 0.599.